The SMILES string of the molecule is Cc1ccc(C(=O)Nc2ccc(Nc3ccccc3F)cn2)cc1. The second-order valence-corrected chi connectivity index (χ2v) is 5.36. The van der Waals surface area contributed by atoms with E-state index in [-0.39, 0.29) is 11.7 Å². The van der Waals surface area contributed by atoms with Crippen LogP contribution in [0.25, 0.3) is 0 Å². The summed E-state index contributed by atoms with van der Waals surface area (Å²) in [5.41, 5.74) is 2.66. The smallest absolute Gasteiger partial charge is 0.256 e. The number of aryl methyl sites for hydroxylation is 1. The molecule has 1 aromatic heterocycles. The maximum atomic E-state index is 13.6. The highest BCUT2D eigenvalue weighted by molar-refractivity contribution is 6.03. The van der Waals surface area contributed by atoms with Gasteiger partial charge in [-0.05, 0) is 43.3 Å². The monoisotopic (exact) mass is 321 g/mol. The molecule has 2 aromatic carbocycles. The minimum atomic E-state index is -0.339. The van der Waals surface area contributed by atoms with E-state index in [0.717, 1.165) is 5.56 Å². The lowest BCUT2D eigenvalue weighted by molar-refractivity contribution is 0.102. The molecular weight excluding hydrogens is 305 g/mol. The number of hydrogen-bond acceptors (Lipinski definition) is 3. The summed E-state index contributed by atoms with van der Waals surface area (Å²) in [5, 5.41) is 5.67. The minimum Gasteiger partial charge on any atom is -0.352 e. The number of carbonyl (C=O) groups excluding carboxylic acids is 1. The van der Waals surface area contributed by atoms with Gasteiger partial charge in [0.2, 0.25) is 0 Å². The summed E-state index contributed by atoms with van der Waals surface area (Å²) in [5.74, 6) is -0.133. The molecule has 0 unspecified atom stereocenters. The van der Waals surface area contributed by atoms with Crippen molar-refractivity contribution in [3.63, 3.8) is 0 Å². The summed E-state index contributed by atoms with van der Waals surface area (Å²) < 4.78 is 13.6. The Morgan fingerprint density at radius 2 is 1.75 bits per heavy atom. The molecule has 0 saturated carbocycles. The van der Waals surface area contributed by atoms with E-state index in [9.17, 15) is 9.18 Å². The molecule has 0 radical (unpaired) electrons. The summed E-state index contributed by atoms with van der Waals surface area (Å²) >= 11 is 0. The summed E-state index contributed by atoms with van der Waals surface area (Å²) in [7, 11) is 0. The molecule has 1 heterocycles. The molecule has 120 valence electrons. The molecule has 0 atom stereocenters. The van der Waals surface area contributed by atoms with Crippen LogP contribution < -0.4 is 10.6 Å². The minimum absolute atomic E-state index is 0.225. The van der Waals surface area contributed by atoms with Crippen LogP contribution in [-0.2, 0) is 0 Å². The van der Waals surface area contributed by atoms with Crippen molar-refractivity contribution in [3.8, 4) is 0 Å². The number of pyridine rings is 1. The molecule has 0 bridgehead atoms. The van der Waals surface area contributed by atoms with Gasteiger partial charge in [-0.3, -0.25) is 4.79 Å². The number of amides is 1. The van der Waals surface area contributed by atoms with Crippen LogP contribution in [0, 0.1) is 12.7 Å². The third-order valence-corrected chi connectivity index (χ3v) is 3.47. The van der Waals surface area contributed by atoms with Gasteiger partial charge in [-0.25, -0.2) is 9.37 Å². The van der Waals surface area contributed by atoms with Crippen LogP contribution in [0.5, 0.6) is 0 Å². The average molecular weight is 321 g/mol. The Labute approximate surface area is 139 Å². The van der Waals surface area contributed by atoms with Crippen LogP contribution in [0.1, 0.15) is 15.9 Å². The third kappa shape index (κ3) is 3.76. The fourth-order valence-electron chi connectivity index (χ4n) is 2.15. The molecular formula is C19H16FN3O. The van der Waals surface area contributed by atoms with E-state index < -0.39 is 0 Å². The van der Waals surface area contributed by atoms with E-state index in [4.69, 9.17) is 0 Å². The van der Waals surface area contributed by atoms with E-state index in [0.29, 0.717) is 22.8 Å². The molecule has 0 spiro atoms. The molecule has 2 N–H and O–H groups in total. The van der Waals surface area contributed by atoms with Gasteiger partial charge >= 0.3 is 0 Å². The zero-order valence-corrected chi connectivity index (χ0v) is 13.1. The number of benzene rings is 2. The molecule has 24 heavy (non-hydrogen) atoms. The van der Waals surface area contributed by atoms with Crippen LogP contribution in [0.15, 0.2) is 66.9 Å². The second kappa shape index (κ2) is 6.91. The highest BCUT2D eigenvalue weighted by Crippen LogP contribution is 2.19. The van der Waals surface area contributed by atoms with Gasteiger partial charge in [0.05, 0.1) is 17.6 Å². The first kappa shape index (κ1) is 15.7. The zero-order chi connectivity index (χ0) is 16.9. The van der Waals surface area contributed by atoms with Crippen molar-refractivity contribution in [2.75, 3.05) is 10.6 Å². The Bertz CT molecular complexity index is 845. The predicted molar refractivity (Wildman–Crippen MR) is 93.1 cm³/mol. The first-order valence-electron chi connectivity index (χ1n) is 7.47. The quantitative estimate of drug-likeness (QED) is 0.742. The molecule has 3 rings (SSSR count). The van der Waals surface area contributed by atoms with Gasteiger partial charge in [0, 0.05) is 5.56 Å². The number of aromatic nitrogens is 1. The molecule has 1 amide bonds. The standard InChI is InChI=1S/C19H16FN3O/c1-13-6-8-14(9-7-13)19(24)23-18-11-10-15(12-21-18)22-17-5-3-2-4-16(17)20/h2-12,22H,1H3,(H,21,23,24). The summed E-state index contributed by atoms with van der Waals surface area (Å²) in [6, 6.07) is 17.1. The van der Waals surface area contributed by atoms with Crippen LogP contribution >= 0.6 is 0 Å². The van der Waals surface area contributed by atoms with Gasteiger partial charge in [0.15, 0.2) is 0 Å². The number of nitrogens with one attached hydrogen (secondary N) is 2. The van der Waals surface area contributed by atoms with Gasteiger partial charge < -0.3 is 10.6 Å². The largest absolute Gasteiger partial charge is 0.352 e. The maximum absolute atomic E-state index is 13.6. The van der Waals surface area contributed by atoms with E-state index in [1.54, 1.807) is 42.5 Å². The Morgan fingerprint density at radius 1 is 1.00 bits per heavy atom. The van der Waals surface area contributed by atoms with Gasteiger partial charge in [0.25, 0.3) is 5.91 Å². The van der Waals surface area contributed by atoms with Crippen molar-refractivity contribution in [1.29, 1.82) is 0 Å². The van der Waals surface area contributed by atoms with Gasteiger partial charge in [0.1, 0.15) is 11.6 Å². The van der Waals surface area contributed by atoms with Gasteiger partial charge in [-0.15, -0.1) is 0 Å². The summed E-state index contributed by atoms with van der Waals surface area (Å²) in [6.45, 7) is 1.96. The zero-order valence-electron chi connectivity index (χ0n) is 13.1. The normalized spacial score (nSPS) is 10.2. The molecule has 0 aliphatic carbocycles. The molecule has 5 heteroatoms. The number of halogens is 1. The summed E-state index contributed by atoms with van der Waals surface area (Å²) in [4.78, 5) is 16.3. The molecule has 3 aromatic rings. The third-order valence-electron chi connectivity index (χ3n) is 3.47. The van der Waals surface area contributed by atoms with Crippen LogP contribution in [0.3, 0.4) is 0 Å². The van der Waals surface area contributed by atoms with Crippen molar-refractivity contribution in [2.24, 2.45) is 0 Å². The van der Waals surface area contributed by atoms with Crippen LogP contribution in [0.2, 0.25) is 0 Å². The van der Waals surface area contributed by atoms with Gasteiger partial charge in [-0.2, -0.15) is 0 Å². The molecule has 0 saturated heterocycles. The molecule has 0 aliphatic heterocycles. The van der Waals surface area contributed by atoms with E-state index in [1.807, 2.05) is 19.1 Å². The molecule has 0 aliphatic rings. The maximum Gasteiger partial charge on any atom is 0.256 e. The van der Waals surface area contributed by atoms with E-state index in [2.05, 4.69) is 15.6 Å². The van der Waals surface area contributed by atoms with Crippen molar-refractivity contribution < 1.29 is 9.18 Å². The van der Waals surface area contributed by atoms with Crippen LogP contribution in [0.4, 0.5) is 21.6 Å². The average Bonchev–Trinajstić information content (AvgIpc) is 2.59. The Balaban J connectivity index is 1.67. The van der Waals surface area contributed by atoms with Crippen molar-refractivity contribution in [1.82, 2.24) is 4.98 Å². The lowest BCUT2D eigenvalue weighted by Crippen LogP contribution is -2.12. The van der Waals surface area contributed by atoms with Crippen molar-refractivity contribution >= 4 is 23.1 Å². The highest BCUT2D eigenvalue weighted by atomic mass is 19.1. The fraction of sp³-hybridized carbons (Fsp3) is 0.0526. The molecule has 4 nitrogen and oxygen atoms in total. The fourth-order valence-corrected chi connectivity index (χ4v) is 2.15. The van der Waals surface area contributed by atoms with Gasteiger partial charge in [-0.1, -0.05) is 29.8 Å². The lowest BCUT2D eigenvalue weighted by Gasteiger charge is -2.08. The Hall–Kier alpha value is -3.21. The summed E-state index contributed by atoms with van der Waals surface area (Å²) in [6.07, 6.45) is 1.54. The highest BCUT2D eigenvalue weighted by Gasteiger charge is 2.07. The molecule has 0 fully saturated rings. The number of para-hydroxylation sites is 1. The Kier molecular flexibility index (Phi) is 4.52. The van der Waals surface area contributed by atoms with Crippen molar-refractivity contribution in [3.05, 3.63) is 83.8 Å². The number of hydrogen-bond donors (Lipinski definition) is 2. The van der Waals surface area contributed by atoms with E-state index in [1.165, 1.54) is 12.3 Å². The predicted octanol–water partition coefficient (Wildman–Crippen LogP) is 4.53. The number of nitrogens with zero attached hydrogens (tertiary/aromatic N) is 1. The number of anilines is 3. The Morgan fingerprint density at radius 3 is 2.42 bits per heavy atom. The first-order valence-corrected chi connectivity index (χ1v) is 7.47. The van der Waals surface area contributed by atoms with E-state index >= 15 is 0 Å². The number of carbonyl (C=O) groups is 1. The topological polar surface area (TPSA) is 54.0 Å². The number of rotatable bonds is 4. The first-order chi connectivity index (χ1) is 11.6. The van der Waals surface area contributed by atoms with Crippen LogP contribution in [-0.4, -0.2) is 10.9 Å². The van der Waals surface area contributed by atoms with Crippen molar-refractivity contribution in [2.45, 2.75) is 6.92 Å². The lowest BCUT2D eigenvalue weighted by atomic mass is 10.1. The second-order valence-electron chi connectivity index (χ2n) is 5.36.